The van der Waals surface area contributed by atoms with Crippen LogP contribution in [0.1, 0.15) is 13.3 Å². The third kappa shape index (κ3) is 1.68. The van der Waals surface area contributed by atoms with Crippen molar-refractivity contribution in [2.75, 3.05) is 7.11 Å². The van der Waals surface area contributed by atoms with E-state index in [2.05, 4.69) is 19.8 Å². The van der Waals surface area contributed by atoms with Crippen LogP contribution in [0.15, 0.2) is 0 Å². The van der Waals surface area contributed by atoms with E-state index in [9.17, 15) is 0 Å². The van der Waals surface area contributed by atoms with Gasteiger partial charge < -0.3 is 4.74 Å². The first-order chi connectivity index (χ1) is 4.34. The summed E-state index contributed by atoms with van der Waals surface area (Å²) >= 11 is 0. The first kappa shape index (κ1) is 7.07. The van der Waals surface area contributed by atoms with Gasteiger partial charge in [-0.05, 0) is 19.3 Å². The molecule has 5 radical (unpaired) electrons. The van der Waals surface area contributed by atoms with Crippen LogP contribution < -0.4 is 0 Å². The van der Waals surface area contributed by atoms with Crippen LogP contribution in [0.4, 0.5) is 0 Å². The Morgan fingerprint density at radius 1 is 1.56 bits per heavy atom. The molecule has 0 aromatic heterocycles. The lowest BCUT2D eigenvalue weighted by atomic mass is 9.88. The SMILES string of the molecule is CO[C]1[CH][CH]C[CH][C]1C. The van der Waals surface area contributed by atoms with Crippen LogP contribution in [0, 0.1) is 31.3 Å². The van der Waals surface area contributed by atoms with Crippen molar-refractivity contribution < 1.29 is 4.74 Å². The van der Waals surface area contributed by atoms with Gasteiger partial charge in [-0.1, -0.05) is 6.92 Å². The Morgan fingerprint density at radius 2 is 2.33 bits per heavy atom. The Kier molecular flexibility index (Phi) is 2.52. The van der Waals surface area contributed by atoms with Crippen molar-refractivity contribution >= 4 is 0 Å². The Labute approximate surface area is 57.4 Å². The van der Waals surface area contributed by atoms with Gasteiger partial charge in [0.15, 0.2) is 0 Å². The molecule has 0 aromatic carbocycles. The molecule has 1 rings (SSSR count). The zero-order chi connectivity index (χ0) is 6.69. The van der Waals surface area contributed by atoms with E-state index in [1.54, 1.807) is 7.11 Å². The first-order valence-corrected chi connectivity index (χ1v) is 3.09. The molecule has 1 aliphatic rings. The summed E-state index contributed by atoms with van der Waals surface area (Å²) in [5, 5.41) is 0. The summed E-state index contributed by atoms with van der Waals surface area (Å²) in [6.07, 6.45) is 8.28. The number of hydrogen-bond donors (Lipinski definition) is 0. The molecule has 49 valence electrons. The molecule has 0 saturated heterocycles. The summed E-state index contributed by atoms with van der Waals surface area (Å²) in [6, 6.07) is 0. The van der Waals surface area contributed by atoms with Crippen molar-refractivity contribution in [3.05, 3.63) is 31.3 Å². The monoisotopic (exact) mass is 123 g/mol. The molecule has 1 heteroatoms. The molecule has 1 aliphatic carbocycles. The zero-order valence-corrected chi connectivity index (χ0v) is 5.85. The van der Waals surface area contributed by atoms with Gasteiger partial charge in [0.05, 0.1) is 0 Å². The highest BCUT2D eigenvalue weighted by Gasteiger charge is 2.22. The summed E-state index contributed by atoms with van der Waals surface area (Å²) in [5.41, 5.74) is 0. The van der Waals surface area contributed by atoms with Crippen LogP contribution in [0.5, 0.6) is 0 Å². The summed E-state index contributed by atoms with van der Waals surface area (Å²) < 4.78 is 5.06. The molecule has 0 aliphatic heterocycles. The molecular weight excluding hydrogens is 112 g/mol. The van der Waals surface area contributed by atoms with Crippen molar-refractivity contribution in [2.24, 2.45) is 0 Å². The predicted octanol–water partition coefficient (Wildman–Crippen LogP) is 1.78. The summed E-state index contributed by atoms with van der Waals surface area (Å²) in [4.78, 5) is 0. The maximum absolute atomic E-state index is 5.06. The smallest absolute Gasteiger partial charge is 0.107 e. The van der Waals surface area contributed by atoms with Crippen molar-refractivity contribution in [3.63, 3.8) is 0 Å². The highest BCUT2D eigenvalue weighted by molar-refractivity contribution is 5.31. The minimum absolute atomic E-state index is 0.987. The second kappa shape index (κ2) is 3.21. The molecule has 0 amide bonds. The van der Waals surface area contributed by atoms with Crippen LogP contribution in [0.3, 0.4) is 0 Å². The van der Waals surface area contributed by atoms with E-state index >= 15 is 0 Å². The molecule has 1 fully saturated rings. The molecule has 0 aromatic rings. The average Bonchev–Trinajstić information content (AvgIpc) is 1.89. The molecule has 0 atom stereocenters. The topological polar surface area (TPSA) is 9.23 Å². The Bertz CT molecular complexity index is 80.6. The lowest BCUT2D eigenvalue weighted by Gasteiger charge is -2.24. The average molecular weight is 123 g/mol. The van der Waals surface area contributed by atoms with Crippen LogP contribution in [-0.2, 0) is 4.74 Å². The van der Waals surface area contributed by atoms with Crippen molar-refractivity contribution in [2.45, 2.75) is 13.3 Å². The van der Waals surface area contributed by atoms with Gasteiger partial charge in [0.25, 0.3) is 0 Å². The molecule has 0 spiro atoms. The van der Waals surface area contributed by atoms with Gasteiger partial charge in [0, 0.05) is 19.4 Å². The molecule has 0 heterocycles. The molecule has 0 bridgehead atoms. The third-order valence-corrected chi connectivity index (χ3v) is 1.44. The second-order valence-corrected chi connectivity index (χ2v) is 2.09. The predicted molar refractivity (Wildman–Crippen MR) is 36.7 cm³/mol. The fourth-order valence-corrected chi connectivity index (χ4v) is 0.881. The molecule has 0 unspecified atom stereocenters. The minimum atomic E-state index is 0.987. The third-order valence-electron chi connectivity index (χ3n) is 1.44. The van der Waals surface area contributed by atoms with Crippen molar-refractivity contribution in [1.29, 1.82) is 0 Å². The summed E-state index contributed by atoms with van der Waals surface area (Å²) in [7, 11) is 1.70. The molecule has 9 heavy (non-hydrogen) atoms. The van der Waals surface area contributed by atoms with E-state index in [0.717, 1.165) is 12.5 Å². The largest absolute Gasteiger partial charge is 0.374 e. The van der Waals surface area contributed by atoms with E-state index in [4.69, 9.17) is 4.74 Å². The second-order valence-electron chi connectivity index (χ2n) is 2.09. The zero-order valence-electron chi connectivity index (χ0n) is 5.85. The van der Waals surface area contributed by atoms with E-state index < -0.39 is 0 Å². The quantitative estimate of drug-likeness (QED) is 0.516. The Balaban J connectivity index is 2.30. The van der Waals surface area contributed by atoms with Crippen molar-refractivity contribution in [3.8, 4) is 0 Å². The van der Waals surface area contributed by atoms with Gasteiger partial charge in [0.1, 0.15) is 6.10 Å². The number of methoxy groups -OCH3 is 1. The lowest BCUT2D eigenvalue weighted by Crippen LogP contribution is -2.15. The van der Waals surface area contributed by atoms with E-state index in [1.807, 2.05) is 6.42 Å². The number of hydrogen-bond acceptors (Lipinski definition) is 1. The summed E-state index contributed by atoms with van der Waals surface area (Å²) in [6.45, 7) is 2.06. The number of ether oxygens (including phenoxy) is 1. The van der Waals surface area contributed by atoms with Gasteiger partial charge in [-0.3, -0.25) is 0 Å². The first-order valence-electron chi connectivity index (χ1n) is 3.09. The highest BCUT2D eigenvalue weighted by atomic mass is 16.5. The minimum Gasteiger partial charge on any atom is -0.374 e. The normalized spacial score (nSPS) is 24.7. The van der Waals surface area contributed by atoms with E-state index in [1.165, 1.54) is 5.92 Å². The van der Waals surface area contributed by atoms with Crippen LogP contribution >= 0.6 is 0 Å². The standard InChI is InChI=1S/C8H11O/c1-7-5-3-4-6-8(7)9-2/h4-6H,3H2,1-2H3. The Hall–Kier alpha value is -0.0400. The maximum atomic E-state index is 5.06. The van der Waals surface area contributed by atoms with Crippen LogP contribution in [0.2, 0.25) is 0 Å². The van der Waals surface area contributed by atoms with Crippen LogP contribution in [-0.4, -0.2) is 7.11 Å². The molecule has 0 N–H and O–H groups in total. The van der Waals surface area contributed by atoms with Crippen LogP contribution in [0.25, 0.3) is 0 Å². The van der Waals surface area contributed by atoms with Gasteiger partial charge in [-0.15, -0.1) is 0 Å². The molecular formula is C8H11O. The van der Waals surface area contributed by atoms with Gasteiger partial charge in [0.2, 0.25) is 0 Å². The number of rotatable bonds is 1. The Morgan fingerprint density at radius 3 is 2.78 bits per heavy atom. The van der Waals surface area contributed by atoms with Gasteiger partial charge in [-0.2, -0.15) is 0 Å². The fraction of sp³-hybridized carbons (Fsp3) is 0.375. The fourth-order valence-electron chi connectivity index (χ4n) is 0.881. The van der Waals surface area contributed by atoms with Gasteiger partial charge >= 0.3 is 0 Å². The highest BCUT2D eigenvalue weighted by Crippen LogP contribution is 2.30. The molecule has 1 nitrogen and oxygen atoms in total. The molecule has 1 saturated carbocycles. The maximum Gasteiger partial charge on any atom is 0.107 e. The van der Waals surface area contributed by atoms with E-state index in [-0.39, 0.29) is 0 Å². The van der Waals surface area contributed by atoms with Crippen molar-refractivity contribution in [1.82, 2.24) is 0 Å². The lowest BCUT2D eigenvalue weighted by molar-refractivity contribution is 0.226. The van der Waals surface area contributed by atoms with E-state index in [0.29, 0.717) is 0 Å². The summed E-state index contributed by atoms with van der Waals surface area (Å²) in [5.74, 6) is 1.24. The van der Waals surface area contributed by atoms with Gasteiger partial charge in [-0.25, -0.2) is 0 Å².